The van der Waals surface area contributed by atoms with Crippen LogP contribution >= 0.6 is 0 Å². The first kappa shape index (κ1) is 15.1. The minimum absolute atomic E-state index is 0.0329. The maximum atomic E-state index is 12.3. The first-order valence-electron chi connectivity index (χ1n) is 6.86. The monoisotopic (exact) mass is 285 g/mol. The van der Waals surface area contributed by atoms with Gasteiger partial charge in [-0.25, -0.2) is 9.59 Å². The van der Waals surface area contributed by atoms with E-state index in [1.807, 2.05) is 7.05 Å². The van der Waals surface area contributed by atoms with Crippen molar-refractivity contribution in [1.82, 2.24) is 15.1 Å². The predicted molar refractivity (Wildman–Crippen MR) is 72.6 cm³/mol. The Morgan fingerprint density at radius 2 is 2.00 bits per heavy atom. The summed E-state index contributed by atoms with van der Waals surface area (Å²) in [5.41, 5.74) is -1.39. The van der Waals surface area contributed by atoms with E-state index >= 15 is 0 Å². The number of rotatable bonds is 2. The number of hydrogen-bond donors (Lipinski definition) is 2. The molecule has 2 rings (SSSR count). The average molecular weight is 285 g/mol. The second kappa shape index (κ2) is 5.21. The number of nitrogens with one attached hydrogen (secondary N) is 1. The molecule has 0 aromatic rings. The molecule has 0 aliphatic carbocycles. The van der Waals surface area contributed by atoms with Gasteiger partial charge in [0, 0.05) is 38.2 Å². The summed E-state index contributed by atoms with van der Waals surface area (Å²) in [5.74, 6) is -1.03. The third kappa shape index (κ3) is 2.73. The highest BCUT2D eigenvalue weighted by Gasteiger charge is 2.45. The number of carbonyl (C=O) groups is 2. The van der Waals surface area contributed by atoms with Gasteiger partial charge < -0.3 is 20.1 Å². The Hall–Kier alpha value is -1.34. The molecule has 2 heterocycles. The van der Waals surface area contributed by atoms with Crippen LogP contribution in [0.25, 0.3) is 0 Å². The molecule has 114 valence electrons. The highest BCUT2D eigenvalue weighted by atomic mass is 16.5. The molecule has 2 amide bonds. The van der Waals surface area contributed by atoms with Gasteiger partial charge >= 0.3 is 12.0 Å². The number of piperazine rings is 1. The van der Waals surface area contributed by atoms with Crippen LogP contribution in [0, 0.1) is 0 Å². The van der Waals surface area contributed by atoms with Crippen molar-refractivity contribution in [3.05, 3.63) is 0 Å². The van der Waals surface area contributed by atoms with Crippen LogP contribution in [0.5, 0.6) is 0 Å². The third-order valence-electron chi connectivity index (χ3n) is 4.38. The number of aliphatic carboxylic acids is 1. The lowest BCUT2D eigenvalue weighted by atomic mass is 9.98. The molecule has 0 aromatic carbocycles. The van der Waals surface area contributed by atoms with Crippen molar-refractivity contribution in [2.75, 3.05) is 39.9 Å². The summed E-state index contributed by atoms with van der Waals surface area (Å²) >= 11 is 0. The molecule has 0 saturated carbocycles. The lowest BCUT2D eigenvalue weighted by molar-refractivity contribution is -0.144. The molecule has 2 fully saturated rings. The SMILES string of the molecule is CN1CCN(C(=O)NC2(C(=O)O)CCOC2)CC1(C)C. The fraction of sp³-hybridized carbons (Fsp3) is 0.846. The molecule has 7 heteroatoms. The van der Waals surface area contributed by atoms with E-state index in [1.165, 1.54) is 0 Å². The molecule has 2 saturated heterocycles. The molecule has 20 heavy (non-hydrogen) atoms. The Morgan fingerprint density at radius 1 is 1.30 bits per heavy atom. The molecule has 1 atom stereocenters. The van der Waals surface area contributed by atoms with Crippen molar-refractivity contribution < 1.29 is 19.4 Å². The van der Waals surface area contributed by atoms with Crippen LogP contribution in [0.3, 0.4) is 0 Å². The van der Waals surface area contributed by atoms with E-state index < -0.39 is 11.5 Å². The van der Waals surface area contributed by atoms with E-state index in [0.717, 1.165) is 6.54 Å². The highest BCUT2D eigenvalue weighted by molar-refractivity contribution is 5.86. The highest BCUT2D eigenvalue weighted by Crippen LogP contribution is 2.22. The summed E-state index contributed by atoms with van der Waals surface area (Å²) in [6, 6.07) is -0.320. The number of nitrogens with zero attached hydrogens (tertiary/aromatic N) is 2. The van der Waals surface area contributed by atoms with Gasteiger partial charge in [-0.1, -0.05) is 0 Å². The number of carbonyl (C=O) groups excluding carboxylic acids is 1. The van der Waals surface area contributed by atoms with Gasteiger partial charge in [0.2, 0.25) is 0 Å². The van der Waals surface area contributed by atoms with Gasteiger partial charge in [0.25, 0.3) is 0 Å². The zero-order chi connectivity index (χ0) is 15.0. The van der Waals surface area contributed by atoms with E-state index in [4.69, 9.17) is 4.74 Å². The zero-order valence-corrected chi connectivity index (χ0v) is 12.3. The average Bonchev–Trinajstić information content (AvgIpc) is 2.82. The van der Waals surface area contributed by atoms with Crippen LogP contribution < -0.4 is 5.32 Å². The van der Waals surface area contributed by atoms with Gasteiger partial charge in [-0.2, -0.15) is 0 Å². The lowest BCUT2D eigenvalue weighted by Gasteiger charge is -2.45. The molecule has 7 nitrogen and oxygen atoms in total. The maximum absolute atomic E-state index is 12.3. The fourth-order valence-corrected chi connectivity index (χ4v) is 2.58. The van der Waals surface area contributed by atoms with Crippen LogP contribution in [-0.4, -0.2) is 77.9 Å². The normalized spacial score (nSPS) is 30.2. The van der Waals surface area contributed by atoms with Crippen molar-refractivity contribution in [1.29, 1.82) is 0 Å². The standard InChI is InChI=1S/C13H23N3O4/c1-12(2)8-16(6-5-15(12)3)11(19)14-13(10(17)18)4-7-20-9-13/h4-9H2,1-3H3,(H,14,19)(H,17,18). The zero-order valence-electron chi connectivity index (χ0n) is 12.3. The summed E-state index contributed by atoms with van der Waals surface area (Å²) in [6.07, 6.45) is 0.311. The van der Waals surface area contributed by atoms with Crippen molar-refractivity contribution in [2.45, 2.75) is 31.3 Å². The summed E-state index contributed by atoms with van der Waals surface area (Å²) in [5, 5.41) is 12.0. The summed E-state index contributed by atoms with van der Waals surface area (Å²) in [4.78, 5) is 27.6. The smallest absolute Gasteiger partial charge is 0.332 e. The Labute approximate surface area is 118 Å². The number of likely N-dealkylation sites (N-methyl/N-ethyl adjacent to an activating group) is 1. The summed E-state index contributed by atoms with van der Waals surface area (Å²) in [6.45, 7) is 6.48. The largest absolute Gasteiger partial charge is 0.479 e. The second-order valence-electron chi connectivity index (χ2n) is 6.28. The van der Waals surface area contributed by atoms with E-state index in [1.54, 1.807) is 4.90 Å². The number of hydrogen-bond acceptors (Lipinski definition) is 4. The number of urea groups is 1. The van der Waals surface area contributed by atoms with E-state index in [-0.39, 0.29) is 18.2 Å². The first-order chi connectivity index (χ1) is 9.27. The molecular weight excluding hydrogens is 262 g/mol. The molecular formula is C13H23N3O4. The minimum Gasteiger partial charge on any atom is -0.479 e. The number of carboxylic acids is 1. The molecule has 2 aliphatic heterocycles. The van der Waals surface area contributed by atoms with Crippen LogP contribution in [-0.2, 0) is 9.53 Å². The molecule has 0 aromatic heterocycles. The van der Waals surface area contributed by atoms with Gasteiger partial charge in [0.05, 0.1) is 6.61 Å². The lowest BCUT2D eigenvalue weighted by Crippen LogP contribution is -2.64. The van der Waals surface area contributed by atoms with Gasteiger partial charge in [-0.3, -0.25) is 4.90 Å². The Bertz CT molecular complexity index is 404. The third-order valence-corrected chi connectivity index (χ3v) is 4.38. The summed E-state index contributed by atoms with van der Waals surface area (Å²) < 4.78 is 5.15. The molecule has 0 bridgehead atoms. The number of carboxylic acid groups (broad SMARTS) is 1. The Morgan fingerprint density at radius 3 is 2.50 bits per heavy atom. The number of ether oxygens (including phenoxy) is 1. The Balaban J connectivity index is 2.03. The quantitative estimate of drug-likeness (QED) is 0.744. The van der Waals surface area contributed by atoms with E-state index in [9.17, 15) is 14.7 Å². The second-order valence-corrected chi connectivity index (χ2v) is 6.28. The van der Waals surface area contributed by atoms with Crippen molar-refractivity contribution in [3.8, 4) is 0 Å². The van der Waals surface area contributed by atoms with Crippen LogP contribution in [0.4, 0.5) is 4.79 Å². The van der Waals surface area contributed by atoms with Crippen LogP contribution in [0.1, 0.15) is 20.3 Å². The van der Waals surface area contributed by atoms with Gasteiger partial charge in [-0.05, 0) is 20.9 Å². The van der Waals surface area contributed by atoms with Crippen molar-refractivity contribution in [2.24, 2.45) is 0 Å². The van der Waals surface area contributed by atoms with E-state index in [2.05, 4.69) is 24.1 Å². The van der Waals surface area contributed by atoms with Crippen LogP contribution in [0.15, 0.2) is 0 Å². The molecule has 0 spiro atoms. The van der Waals surface area contributed by atoms with Gasteiger partial charge in [-0.15, -0.1) is 0 Å². The minimum atomic E-state index is -1.27. The van der Waals surface area contributed by atoms with Crippen molar-refractivity contribution in [3.63, 3.8) is 0 Å². The molecule has 0 radical (unpaired) electrons. The first-order valence-corrected chi connectivity index (χ1v) is 6.86. The maximum Gasteiger partial charge on any atom is 0.332 e. The molecule has 2 aliphatic rings. The van der Waals surface area contributed by atoms with Crippen LogP contribution in [0.2, 0.25) is 0 Å². The van der Waals surface area contributed by atoms with Gasteiger partial charge in [0.15, 0.2) is 5.54 Å². The van der Waals surface area contributed by atoms with E-state index in [0.29, 0.717) is 26.1 Å². The molecule has 1 unspecified atom stereocenters. The Kier molecular flexibility index (Phi) is 3.93. The molecule has 2 N–H and O–H groups in total. The number of amides is 2. The topological polar surface area (TPSA) is 82.1 Å². The predicted octanol–water partition coefficient (Wildman–Crippen LogP) is -0.0343. The fourth-order valence-electron chi connectivity index (χ4n) is 2.58. The van der Waals surface area contributed by atoms with Crippen molar-refractivity contribution >= 4 is 12.0 Å². The summed E-state index contributed by atoms with van der Waals surface area (Å²) in [7, 11) is 2.03. The van der Waals surface area contributed by atoms with Gasteiger partial charge in [0.1, 0.15) is 0 Å².